The standard InChI is InChI=1S/C15H14N2O3/c1-3-20-15(18)11-7-9-8-12(19-2)14-10(13(9)17-11)5-4-6-16-14/h4-8,17H,3H2,1-2H3. The predicted octanol–water partition coefficient (Wildman–Crippen LogP) is 2.90. The number of rotatable bonds is 3. The maximum absolute atomic E-state index is 11.8. The average molecular weight is 270 g/mol. The molecular formula is C15H14N2O3. The van der Waals surface area contributed by atoms with E-state index in [9.17, 15) is 4.79 Å². The zero-order valence-corrected chi connectivity index (χ0v) is 11.3. The molecule has 102 valence electrons. The summed E-state index contributed by atoms with van der Waals surface area (Å²) in [6, 6.07) is 7.43. The van der Waals surface area contributed by atoms with Crippen molar-refractivity contribution in [3.8, 4) is 5.75 Å². The molecule has 0 amide bonds. The van der Waals surface area contributed by atoms with Gasteiger partial charge in [-0.1, -0.05) is 0 Å². The highest BCUT2D eigenvalue weighted by molar-refractivity contribution is 6.09. The van der Waals surface area contributed by atoms with Gasteiger partial charge in [-0.25, -0.2) is 4.79 Å². The lowest BCUT2D eigenvalue weighted by atomic mass is 10.1. The Labute approximate surface area is 115 Å². The topological polar surface area (TPSA) is 64.2 Å². The number of fused-ring (bicyclic) bond motifs is 3. The number of hydrogen-bond acceptors (Lipinski definition) is 4. The highest BCUT2D eigenvalue weighted by atomic mass is 16.5. The minimum Gasteiger partial charge on any atom is -0.494 e. The SMILES string of the molecule is CCOC(=O)c1cc2cc(OC)c3ncccc3c2[nH]1. The third kappa shape index (κ3) is 1.87. The van der Waals surface area contributed by atoms with E-state index in [2.05, 4.69) is 9.97 Å². The molecule has 0 aliphatic rings. The van der Waals surface area contributed by atoms with Crippen LogP contribution in [-0.4, -0.2) is 29.7 Å². The van der Waals surface area contributed by atoms with Crippen LogP contribution in [0.4, 0.5) is 0 Å². The molecule has 1 aromatic carbocycles. The van der Waals surface area contributed by atoms with Gasteiger partial charge < -0.3 is 14.5 Å². The Bertz CT molecular complexity index is 792. The van der Waals surface area contributed by atoms with Crippen LogP contribution in [0.15, 0.2) is 30.5 Å². The molecule has 0 fully saturated rings. The summed E-state index contributed by atoms with van der Waals surface area (Å²) in [6.07, 6.45) is 1.71. The largest absolute Gasteiger partial charge is 0.494 e. The van der Waals surface area contributed by atoms with Gasteiger partial charge in [-0.2, -0.15) is 0 Å². The van der Waals surface area contributed by atoms with E-state index in [1.54, 1.807) is 26.3 Å². The summed E-state index contributed by atoms with van der Waals surface area (Å²) in [5.41, 5.74) is 2.05. The lowest BCUT2D eigenvalue weighted by Gasteiger charge is -2.05. The second-order valence-corrected chi connectivity index (χ2v) is 4.35. The van der Waals surface area contributed by atoms with E-state index in [0.717, 1.165) is 21.8 Å². The molecule has 0 unspecified atom stereocenters. The molecule has 0 bridgehead atoms. The van der Waals surface area contributed by atoms with Gasteiger partial charge in [0.15, 0.2) is 0 Å². The quantitative estimate of drug-likeness (QED) is 0.743. The minimum absolute atomic E-state index is 0.347. The van der Waals surface area contributed by atoms with E-state index in [1.807, 2.05) is 18.2 Å². The van der Waals surface area contributed by atoms with Crippen molar-refractivity contribution in [1.82, 2.24) is 9.97 Å². The Morgan fingerprint density at radius 3 is 3.00 bits per heavy atom. The summed E-state index contributed by atoms with van der Waals surface area (Å²) < 4.78 is 10.4. The Balaban J connectivity index is 2.28. The second-order valence-electron chi connectivity index (χ2n) is 4.35. The van der Waals surface area contributed by atoms with Crippen molar-refractivity contribution in [2.24, 2.45) is 0 Å². The molecule has 0 aliphatic heterocycles. The van der Waals surface area contributed by atoms with Crippen LogP contribution in [0.25, 0.3) is 21.8 Å². The fourth-order valence-electron chi connectivity index (χ4n) is 2.29. The lowest BCUT2D eigenvalue weighted by molar-refractivity contribution is 0.0520. The van der Waals surface area contributed by atoms with Crippen LogP contribution in [0.3, 0.4) is 0 Å². The summed E-state index contributed by atoms with van der Waals surface area (Å²) in [7, 11) is 1.61. The third-order valence-corrected chi connectivity index (χ3v) is 3.16. The van der Waals surface area contributed by atoms with E-state index in [0.29, 0.717) is 18.1 Å². The maximum atomic E-state index is 11.8. The summed E-state index contributed by atoms with van der Waals surface area (Å²) in [4.78, 5) is 19.2. The van der Waals surface area contributed by atoms with Crippen LogP contribution in [0.5, 0.6) is 5.75 Å². The molecule has 3 aromatic rings. The van der Waals surface area contributed by atoms with E-state index in [1.165, 1.54) is 0 Å². The number of benzene rings is 1. The first-order valence-corrected chi connectivity index (χ1v) is 6.36. The van der Waals surface area contributed by atoms with Gasteiger partial charge in [0.2, 0.25) is 0 Å². The van der Waals surface area contributed by atoms with Gasteiger partial charge >= 0.3 is 5.97 Å². The van der Waals surface area contributed by atoms with E-state index in [4.69, 9.17) is 9.47 Å². The van der Waals surface area contributed by atoms with Crippen molar-refractivity contribution in [3.63, 3.8) is 0 Å². The molecule has 2 aromatic heterocycles. The Hall–Kier alpha value is -2.56. The normalized spacial score (nSPS) is 10.9. The first kappa shape index (κ1) is 12.5. The third-order valence-electron chi connectivity index (χ3n) is 3.16. The van der Waals surface area contributed by atoms with Crippen LogP contribution in [0.2, 0.25) is 0 Å². The molecule has 0 aliphatic carbocycles. The fraction of sp³-hybridized carbons (Fsp3) is 0.200. The number of carbonyl (C=O) groups is 1. The zero-order valence-electron chi connectivity index (χ0n) is 11.3. The Morgan fingerprint density at radius 1 is 1.40 bits per heavy atom. The van der Waals surface area contributed by atoms with Crippen LogP contribution in [-0.2, 0) is 4.74 Å². The highest BCUT2D eigenvalue weighted by Crippen LogP contribution is 2.32. The Kier molecular flexibility index (Phi) is 3.02. The highest BCUT2D eigenvalue weighted by Gasteiger charge is 2.14. The van der Waals surface area contributed by atoms with Gasteiger partial charge in [-0.15, -0.1) is 0 Å². The van der Waals surface area contributed by atoms with Crippen molar-refractivity contribution in [3.05, 3.63) is 36.2 Å². The number of H-pyrrole nitrogens is 1. The van der Waals surface area contributed by atoms with E-state index >= 15 is 0 Å². The monoisotopic (exact) mass is 270 g/mol. The molecular weight excluding hydrogens is 256 g/mol. The van der Waals surface area contributed by atoms with Gasteiger partial charge in [0.1, 0.15) is 17.0 Å². The van der Waals surface area contributed by atoms with Crippen molar-refractivity contribution in [2.75, 3.05) is 13.7 Å². The second kappa shape index (κ2) is 4.85. The molecule has 20 heavy (non-hydrogen) atoms. The van der Waals surface area contributed by atoms with Crippen LogP contribution < -0.4 is 4.74 Å². The molecule has 0 saturated heterocycles. The molecule has 5 heteroatoms. The molecule has 3 rings (SSSR count). The zero-order chi connectivity index (χ0) is 14.1. The molecule has 0 atom stereocenters. The van der Waals surface area contributed by atoms with Crippen molar-refractivity contribution in [1.29, 1.82) is 0 Å². The lowest BCUT2D eigenvalue weighted by Crippen LogP contribution is -2.04. The molecule has 0 spiro atoms. The molecule has 2 heterocycles. The van der Waals surface area contributed by atoms with E-state index < -0.39 is 0 Å². The van der Waals surface area contributed by atoms with Gasteiger partial charge in [0.25, 0.3) is 0 Å². The Morgan fingerprint density at radius 2 is 2.25 bits per heavy atom. The van der Waals surface area contributed by atoms with Crippen molar-refractivity contribution < 1.29 is 14.3 Å². The summed E-state index contributed by atoms with van der Waals surface area (Å²) in [5, 5.41) is 1.81. The number of pyridine rings is 1. The summed E-state index contributed by atoms with van der Waals surface area (Å²) in [5.74, 6) is 0.321. The summed E-state index contributed by atoms with van der Waals surface area (Å²) >= 11 is 0. The number of esters is 1. The van der Waals surface area contributed by atoms with Crippen LogP contribution in [0.1, 0.15) is 17.4 Å². The number of aromatic amines is 1. The van der Waals surface area contributed by atoms with E-state index in [-0.39, 0.29) is 5.97 Å². The summed E-state index contributed by atoms with van der Waals surface area (Å²) in [6.45, 7) is 2.13. The number of nitrogens with one attached hydrogen (secondary N) is 1. The van der Waals surface area contributed by atoms with Crippen LogP contribution >= 0.6 is 0 Å². The van der Waals surface area contributed by atoms with Crippen molar-refractivity contribution >= 4 is 27.8 Å². The average Bonchev–Trinajstić information content (AvgIpc) is 2.91. The number of ether oxygens (including phenoxy) is 2. The van der Waals surface area contributed by atoms with Gasteiger partial charge in [0, 0.05) is 17.0 Å². The number of hydrogen-bond donors (Lipinski definition) is 1. The number of aromatic nitrogens is 2. The first-order chi connectivity index (χ1) is 9.74. The number of nitrogens with zero attached hydrogens (tertiary/aromatic N) is 1. The molecule has 1 N–H and O–H groups in total. The minimum atomic E-state index is -0.361. The molecule has 0 radical (unpaired) electrons. The number of methoxy groups -OCH3 is 1. The smallest absolute Gasteiger partial charge is 0.354 e. The first-order valence-electron chi connectivity index (χ1n) is 6.36. The maximum Gasteiger partial charge on any atom is 0.354 e. The molecule has 5 nitrogen and oxygen atoms in total. The van der Waals surface area contributed by atoms with Crippen LogP contribution in [0, 0.1) is 0 Å². The fourth-order valence-corrected chi connectivity index (χ4v) is 2.29. The van der Waals surface area contributed by atoms with Crippen molar-refractivity contribution in [2.45, 2.75) is 6.92 Å². The predicted molar refractivity (Wildman–Crippen MR) is 76.1 cm³/mol. The van der Waals surface area contributed by atoms with Gasteiger partial charge in [-0.3, -0.25) is 4.98 Å². The van der Waals surface area contributed by atoms with Gasteiger partial charge in [0.05, 0.1) is 19.2 Å². The van der Waals surface area contributed by atoms with Gasteiger partial charge in [-0.05, 0) is 31.2 Å². The molecule has 0 saturated carbocycles. The number of carbonyl (C=O) groups excluding carboxylic acids is 1.